The van der Waals surface area contributed by atoms with Gasteiger partial charge in [-0.25, -0.2) is 4.98 Å². The first-order chi connectivity index (χ1) is 14.4. The van der Waals surface area contributed by atoms with Crippen LogP contribution in [0.1, 0.15) is 41.4 Å². The topological polar surface area (TPSA) is 95.7 Å². The monoisotopic (exact) mass is 405 g/mol. The fourth-order valence-corrected chi connectivity index (χ4v) is 3.53. The fourth-order valence-electron chi connectivity index (χ4n) is 3.53. The molecule has 4 rings (SSSR count). The third-order valence-electron chi connectivity index (χ3n) is 5.32. The number of amides is 2. The Morgan fingerprint density at radius 2 is 2.20 bits per heavy atom. The lowest BCUT2D eigenvalue weighted by molar-refractivity contribution is -0.125. The van der Waals surface area contributed by atoms with Crippen LogP contribution < -0.4 is 5.32 Å². The van der Waals surface area contributed by atoms with Crippen LogP contribution in [0.25, 0.3) is 17.0 Å². The zero-order chi connectivity index (χ0) is 21.3. The number of aryl methyl sites for hydroxylation is 1. The van der Waals surface area contributed by atoms with E-state index in [0.717, 1.165) is 22.3 Å². The summed E-state index contributed by atoms with van der Waals surface area (Å²) in [6, 6.07) is 9.54. The quantitative estimate of drug-likeness (QED) is 0.647. The maximum atomic E-state index is 12.6. The van der Waals surface area contributed by atoms with Crippen molar-refractivity contribution in [1.29, 1.82) is 0 Å². The largest absolute Gasteiger partial charge is 0.459 e. The van der Waals surface area contributed by atoms with Crippen LogP contribution in [0, 0.1) is 6.92 Å². The number of carbonyl (C=O) groups is 2. The molecule has 1 aliphatic heterocycles. The molecule has 3 aromatic rings. The van der Waals surface area contributed by atoms with Crippen LogP contribution in [0.15, 0.2) is 47.0 Å². The molecule has 1 aromatic carbocycles. The number of pyridine rings is 1. The van der Waals surface area contributed by atoms with E-state index in [4.69, 9.17) is 4.42 Å². The molecule has 1 unspecified atom stereocenters. The van der Waals surface area contributed by atoms with Gasteiger partial charge in [-0.3, -0.25) is 9.59 Å². The number of benzene rings is 1. The van der Waals surface area contributed by atoms with Gasteiger partial charge in [0, 0.05) is 42.3 Å². The van der Waals surface area contributed by atoms with Crippen molar-refractivity contribution in [3.8, 4) is 0 Å². The predicted octanol–water partition coefficient (Wildman–Crippen LogP) is 3.57. The Kier molecular flexibility index (Phi) is 5.37. The Morgan fingerprint density at radius 1 is 1.40 bits per heavy atom. The number of nitrogens with zero attached hydrogens (tertiary/aromatic N) is 2. The van der Waals surface area contributed by atoms with Gasteiger partial charge in [-0.1, -0.05) is 18.2 Å². The highest BCUT2D eigenvalue weighted by molar-refractivity contribution is 5.93. The smallest absolute Gasteiger partial charge is 0.246 e. The molecule has 0 fully saturated rings. The minimum atomic E-state index is -0.769. The van der Waals surface area contributed by atoms with Crippen molar-refractivity contribution in [2.24, 2.45) is 0 Å². The van der Waals surface area contributed by atoms with E-state index < -0.39 is 6.10 Å². The molecule has 7 nitrogen and oxygen atoms in total. The average Bonchev–Trinajstić information content (AvgIpc) is 2.98. The van der Waals surface area contributed by atoms with Gasteiger partial charge < -0.3 is 19.7 Å². The van der Waals surface area contributed by atoms with Gasteiger partial charge in [0.05, 0.1) is 12.6 Å². The van der Waals surface area contributed by atoms with Crippen molar-refractivity contribution < 1.29 is 19.1 Å². The van der Waals surface area contributed by atoms with Crippen LogP contribution in [0.2, 0.25) is 0 Å². The zero-order valence-electron chi connectivity index (χ0n) is 16.9. The predicted molar refractivity (Wildman–Crippen MR) is 114 cm³/mol. The molecule has 3 heterocycles. The highest BCUT2D eigenvalue weighted by atomic mass is 16.3. The minimum Gasteiger partial charge on any atom is -0.459 e. The van der Waals surface area contributed by atoms with Gasteiger partial charge in [0.1, 0.15) is 17.2 Å². The second-order valence-electron chi connectivity index (χ2n) is 7.48. The van der Waals surface area contributed by atoms with Gasteiger partial charge in [-0.15, -0.1) is 0 Å². The van der Waals surface area contributed by atoms with Gasteiger partial charge in [-0.2, -0.15) is 0 Å². The molecule has 30 heavy (non-hydrogen) atoms. The highest BCUT2D eigenvalue weighted by Gasteiger charge is 2.21. The Labute approximate surface area is 174 Å². The Balaban J connectivity index is 1.48. The maximum Gasteiger partial charge on any atom is 0.246 e. The number of fused-ring (bicyclic) bond motifs is 2. The van der Waals surface area contributed by atoms with E-state index in [9.17, 15) is 14.7 Å². The van der Waals surface area contributed by atoms with E-state index in [0.29, 0.717) is 29.9 Å². The molecule has 2 amide bonds. The van der Waals surface area contributed by atoms with Crippen molar-refractivity contribution in [3.63, 3.8) is 0 Å². The molecule has 0 radical (unpaired) electrons. The zero-order valence-corrected chi connectivity index (χ0v) is 16.9. The van der Waals surface area contributed by atoms with Gasteiger partial charge in [0.25, 0.3) is 0 Å². The second kappa shape index (κ2) is 8.12. The number of para-hydroxylation sites is 1. The van der Waals surface area contributed by atoms with E-state index in [1.165, 1.54) is 6.08 Å². The normalized spacial score (nSPS) is 16.4. The van der Waals surface area contributed by atoms with E-state index in [2.05, 4.69) is 10.3 Å². The van der Waals surface area contributed by atoms with Crippen LogP contribution in [-0.2, 0) is 16.1 Å². The van der Waals surface area contributed by atoms with Gasteiger partial charge >= 0.3 is 0 Å². The first-order valence-corrected chi connectivity index (χ1v) is 9.80. The number of hydrogen-bond acceptors (Lipinski definition) is 5. The molecule has 0 saturated carbocycles. The molecule has 1 aliphatic rings. The van der Waals surface area contributed by atoms with E-state index >= 15 is 0 Å². The average molecular weight is 405 g/mol. The summed E-state index contributed by atoms with van der Waals surface area (Å²) in [4.78, 5) is 30.0. The Hall–Kier alpha value is -3.45. The summed E-state index contributed by atoms with van der Waals surface area (Å²) in [6.45, 7) is 2.34. The van der Waals surface area contributed by atoms with E-state index in [1.807, 2.05) is 31.2 Å². The number of nitrogens with one attached hydrogen (secondary N) is 1. The highest BCUT2D eigenvalue weighted by Crippen LogP contribution is 2.29. The van der Waals surface area contributed by atoms with Crippen molar-refractivity contribution in [1.82, 2.24) is 9.88 Å². The maximum absolute atomic E-state index is 12.6. The number of anilines is 1. The summed E-state index contributed by atoms with van der Waals surface area (Å²) in [5.41, 5.74) is 3.07. The van der Waals surface area contributed by atoms with Crippen molar-refractivity contribution >= 4 is 34.7 Å². The van der Waals surface area contributed by atoms with Gasteiger partial charge in [0.2, 0.25) is 11.8 Å². The van der Waals surface area contributed by atoms with Crippen molar-refractivity contribution in [2.75, 3.05) is 12.4 Å². The molecule has 154 valence electrons. The van der Waals surface area contributed by atoms with Crippen molar-refractivity contribution in [2.45, 2.75) is 32.4 Å². The summed E-state index contributed by atoms with van der Waals surface area (Å²) in [6.07, 6.45) is 4.48. The van der Waals surface area contributed by atoms with Gasteiger partial charge in [-0.05, 0) is 37.1 Å². The summed E-state index contributed by atoms with van der Waals surface area (Å²) in [7, 11) is 1.72. The third-order valence-corrected chi connectivity index (χ3v) is 5.32. The molecule has 0 saturated heterocycles. The molecule has 1 atom stereocenters. The van der Waals surface area contributed by atoms with Crippen LogP contribution >= 0.6 is 0 Å². The number of furan rings is 1. The molecule has 0 spiro atoms. The lowest BCUT2D eigenvalue weighted by Crippen LogP contribution is -2.24. The molecular formula is C23H23N3O4. The van der Waals surface area contributed by atoms with Crippen LogP contribution in [0.4, 0.5) is 5.82 Å². The summed E-state index contributed by atoms with van der Waals surface area (Å²) >= 11 is 0. The Morgan fingerprint density at radius 3 is 3.00 bits per heavy atom. The number of rotatable bonds is 4. The number of aliphatic hydroxyl groups excluding tert-OH is 1. The summed E-state index contributed by atoms with van der Waals surface area (Å²) in [5.74, 6) is 0.775. The van der Waals surface area contributed by atoms with Gasteiger partial charge in [0.15, 0.2) is 0 Å². The van der Waals surface area contributed by atoms with E-state index in [1.54, 1.807) is 30.3 Å². The number of carbonyl (C=O) groups excluding carboxylic acids is 2. The molecule has 0 bridgehead atoms. The lowest BCUT2D eigenvalue weighted by Gasteiger charge is -2.14. The van der Waals surface area contributed by atoms with Crippen molar-refractivity contribution in [3.05, 3.63) is 65.1 Å². The molecule has 0 aliphatic carbocycles. The molecule has 7 heteroatoms. The number of aliphatic hydroxyl groups is 1. The Bertz CT molecular complexity index is 1150. The number of likely N-dealkylation sites (N-methyl/N-ethyl adjacent to an activating group) is 1. The first-order valence-electron chi connectivity index (χ1n) is 9.80. The van der Waals surface area contributed by atoms with Crippen LogP contribution in [-0.4, -0.2) is 33.9 Å². The molecule has 2 aromatic heterocycles. The first kappa shape index (κ1) is 19.8. The third kappa shape index (κ3) is 3.97. The summed E-state index contributed by atoms with van der Waals surface area (Å²) in [5, 5.41) is 14.0. The molecule has 2 N–H and O–H groups in total. The van der Waals surface area contributed by atoms with Crippen LogP contribution in [0.5, 0.6) is 0 Å². The fraction of sp³-hybridized carbons (Fsp3) is 0.261. The van der Waals surface area contributed by atoms with E-state index in [-0.39, 0.29) is 18.2 Å². The summed E-state index contributed by atoms with van der Waals surface area (Å²) < 4.78 is 5.89. The second-order valence-corrected chi connectivity index (χ2v) is 7.48. The minimum absolute atomic E-state index is 0.165. The SMILES string of the molecule is Cc1c(CN(C)C(=O)/C=C/c2cnc3c(c2)C(O)CCC(=O)N3)oc2ccccc12. The lowest BCUT2D eigenvalue weighted by atomic mass is 10.1. The number of hydrogen-bond donors (Lipinski definition) is 2. The van der Waals surface area contributed by atoms with Crippen LogP contribution in [0.3, 0.4) is 0 Å². The molecular weight excluding hydrogens is 382 g/mol. The standard InChI is InChI=1S/C23H23N3O4/c1-14-16-5-3-4-6-19(16)30-20(14)13-26(2)22(29)10-7-15-11-17-18(27)8-9-21(28)25-23(17)24-12-15/h3-7,10-12,18,27H,8-9,13H2,1-2H3,(H,24,25,28)/b10-7+. The number of aromatic nitrogens is 1.